The van der Waals surface area contributed by atoms with Gasteiger partial charge in [-0.15, -0.1) is 0 Å². The summed E-state index contributed by atoms with van der Waals surface area (Å²) < 4.78 is 4.94. The highest BCUT2D eigenvalue weighted by atomic mass is 16.5. The lowest BCUT2D eigenvalue weighted by Crippen LogP contribution is -2.39. The van der Waals surface area contributed by atoms with Crippen molar-refractivity contribution in [3.8, 4) is 0 Å². The number of unbranched alkanes of at least 4 members (excludes halogenated alkanes) is 3. The van der Waals surface area contributed by atoms with E-state index in [9.17, 15) is 4.79 Å². The molecule has 1 N–H and O–H groups in total. The van der Waals surface area contributed by atoms with Crippen LogP contribution in [0.4, 0.5) is 0 Å². The Kier molecular flexibility index (Phi) is 8.38. The van der Waals surface area contributed by atoms with Gasteiger partial charge in [0, 0.05) is 13.2 Å². The SMILES string of the molecule is CCCCCCC(C)NC(=O)C(C)OC. The van der Waals surface area contributed by atoms with Gasteiger partial charge in [0.05, 0.1) is 0 Å². The van der Waals surface area contributed by atoms with E-state index in [1.165, 1.54) is 25.7 Å². The lowest BCUT2D eigenvalue weighted by molar-refractivity contribution is -0.130. The highest BCUT2D eigenvalue weighted by Gasteiger charge is 2.13. The average molecular weight is 215 g/mol. The molecule has 0 aliphatic rings. The molecule has 0 aliphatic carbocycles. The van der Waals surface area contributed by atoms with Crippen molar-refractivity contribution in [2.24, 2.45) is 0 Å². The summed E-state index contributed by atoms with van der Waals surface area (Å²) in [4.78, 5) is 11.4. The second-order valence-corrected chi connectivity index (χ2v) is 4.14. The van der Waals surface area contributed by atoms with Crippen molar-refractivity contribution in [2.45, 2.75) is 65.0 Å². The van der Waals surface area contributed by atoms with Crippen LogP contribution in [-0.2, 0) is 9.53 Å². The summed E-state index contributed by atoms with van der Waals surface area (Å²) in [6, 6.07) is 0.256. The predicted molar refractivity (Wildman–Crippen MR) is 62.8 cm³/mol. The van der Waals surface area contributed by atoms with Crippen LogP contribution in [-0.4, -0.2) is 25.2 Å². The van der Waals surface area contributed by atoms with Crippen molar-refractivity contribution in [2.75, 3.05) is 7.11 Å². The first kappa shape index (κ1) is 14.4. The zero-order valence-electron chi connectivity index (χ0n) is 10.5. The molecule has 0 saturated carbocycles. The minimum atomic E-state index is -0.344. The average Bonchev–Trinajstić information content (AvgIpc) is 2.23. The van der Waals surface area contributed by atoms with Crippen molar-refractivity contribution < 1.29 is 9.53 Å². The largest absolute Gasteiger partial charge is 0.372 e. The van der Waals surface area contributed by atoms with Crippen LogP contribution >= 0.6 is 0 Å². The van der Waals surface area contributed by atoms with Gasteiger partial charge in [0.2, 0.25) is 5.91 Å². The fourth-order valence-electron chi connectivity index (χ4n) is 1.42. The zero-order valence-corrected chi connectivity index (χ0v) is 10.5. The molecule has 0 bridgehead atoms. The molecular weight excluding hydrogens is 190 g/mol. The Bertz CT molecular complexity index is 171. The summed E-state index contributed by atoms with van der Waals surface area (Å²) in [5, 5.41) is 2.94. The minimum absolute atomic E-state index is 0.0134. The van der Waals surface area contributed by atoms with Crippen LogP contribution in [0.3, 0.4) is 0 Å². The molecule has 0 radical (unpaired) electrons. The molecule has 0 aromatic carbocycles. The van der Waals surface area contributed by atoms with Crippen LogP contribution in [0.25, 0.3) is 0 Å². The molecule has 3 heteroatoms. The zero-order chi connectivity index (χ0) is 11.7. The maximum absolute atomic E-state index is 11.4. The highest BCUT2D eigenvalue weighted by Crippen LogP contribution is 2.05. The maximum Gasteiger partial charge on any atom is 0.249 e. The molecule has 0 saturated heterocycles. The number of ether oxygens (including phenoxy) is 1. The van der Waals surface area contributed by atoms with Gasteiger partial charge in [-0.1, -0.05) is 32.6 Å². The molecule has 90 valence electrons. The summed E-state index contributed by atoms with van der Waals surface area (Å²) in [5.74, 6) is -0.0134. The van der Waals surface area contributed by atoms with Gasteiger partial charge in [0.1, 0.15) is 6.10 Å². The first-order chi connectivity index (χ1) is 7.11. The third kappa shape index (κ3) is 7.37. The molecule has 2 unspecified atom stereocenters. The Balaban J connectivity index is 3.55. The highest BCUT2D eigenvalue weighted by molar-refractivity contribution is 5.80. The Hall–Kier alpha value is -0.570. The fourth-order valence-corrected chi connectivity index (χ4v) is 1.42. The number of carbonyl (C=O) groups excluding carboxylic acids is 1. The number of amides is 1. The van der Waals surface area contributed by atoms with Gasteiger partial charge in [-0.25, -0.2) is 0 Å². The van der Waals surface area contributed by atoms with Crippen molar-refractivity contribution in [1.29, 1.82) is 0 Å². The van der Waals surface area contributed by atoms with Gasteiger partial charge < -0.3 is 10.1 Å². The smallest absolute Gasteiger partial charge is 0.249 e. The number of rotatable bonds is 8. The van der Waals surface area contributed by atoms with Gasteiger partial charge in [0.25, 0.3) is 0 Å². The quantitative estimate of drug-likeness (QED) is 0.632. The van der Waals surface area contributed by atoms with Crippen molar-refractivity contribution >= 4 is 5.91 Å². The van der Waals surface area contributed by atoms with Crippen LogP contribution in [0.15, 0.2) is 0 Å². The molecular formula is C12H25NO2. The van der Waals surface area contributed by atoms with Crippen molar-refractivity contribution in [3.05, 3.63) is 0 Å². The van der Waals surface area contributed by atoms with E-state index >= 15 is 0 Å². The van der Waals surface area contributed by atoms with Crippen molar-refractivity contribution in [1.82, 2.24) is 5.32 Å². The number of nitrogens with one attached hydrogen (secondary N) is 1. The van der Waals surface area contributed by atoms with Crippen LogP contribution < -0.4 is 5.32 Å². The van der Waals surface area contributed by atoms with Crippen LogP contribution in [0.5, 0.6) is 0 Å². The molecule has 0 aromatic heterocycles. The molecule has 0 aliphatic heterocycles. The molecule has 2 atom stereocenters. The van der Waals surface area contributed by atoms with E-state index in [1.54, 1.807) is 14.0 Å². The predicted octanol–water partition coefficient (Wildman–Crippen LogP) is 2.50. The fraction of sp³-hybridized carbons (Fsp3) is 0.917. The lowest BCUT2D eigenvalue weighted by Gasteiger charge is -2.16. The molecule has 0 spiro atoms. The second kappa shape index (κ2) is 8.72. The van der Waals surface area contributed by atoms with Crippen molar-refractivity contribution in [3.63, 3.8) is 0 Å². The normalized spacial score (nSPS) is 14.7. The monoisotopic (exact) mass is 215 g/mol. The number of methoxy groups -OCH3 is 1. The minimum Gasteiger partial charge on any atom is -0.372 e. The van der Waals surface area contributed by atoms with Gasteiger partial charge in [-0.3, -0.25) is 4.79 Å². The van der Waals surface area contributed by atoms with E-state index in [2.05, 4.69) is 12.2 Å². The van der Waals surface area contributed by atoms with E-state index in [0.717, 1.165) is 6.42 Å². The maximum atomic E-state index is 11.4. The van der Waals surface area contributed by atoms with Gasteiger partial charge in [0.15, 0.2) is 0 Å². The summed E-state index contributed by atoms with van der Waals surface area (Å²) in [7, 11) is 1.55. The van der Waals surface area contributed by atoms with Crippen LogP contribution in [0.1, 0.15) is 52.9 Å². The number of carbonyl (C=O) groups is 1. The molecule has 0 heterocycles. The molecule has 1 amide bonds. The molecule has 0 rings (SSSR count). The summed E-state index contributed by atoms with van der Waals surface area (Å²) >= 11 is 0. The number of hydrogen-bond donors (Lipinski definition) is 1. The first-order valence-electron chi connectivity index (χ1n) is 5.95. The van der Waals surface area contributed by atoms with E-state index in [-0.39, 0.29) is 18.1 Å². The van der Waals surface area contributed by atoms with E-state index < -0.39 is 0 Å². The van der Waals surface area contributed by atoms with E-state index in [4.69, 9.17) is 4.74 Å². The molecule has 0 aromatic rings. The lowest BCUT2D eigenvalue weighted by atomic mass is 10.1. The Labute approximate surface area is 93.6 Å². The summed E-state index contributed by atoms with van der Waals surface area (Å²) in [6.45, 7) is 6.01. The third-order valence-electron chi connectivity index (χ3n) is 2.60. The van der Waals surface area contributed by atoms with Crippen LogP contribution in [0.2, 0.25) is 0 Å². The Morgan fingerprint density at radius 2 is 1.93 bits per heavy atom. The number of hydrogen-bond acceptors (Lipinski definition) is 2. The standard InChI is InChI=1S/C12H25NO2/c1-5-6-7-8-9-10(2)13-12(14)11(3)15-4/h10-11H,5-9H2,1-4H3,(H,13,14). The van der Waals surface area contributed by atoms with E-state index in [0.29, 0.717) is 0 Å². The van der Waals surface area contributed by atoms with Crippen LogP contribution in [0, 0.1) is 0 Å². The topological polar surface area (TPSA) is 38.3 Å². The molecule has 3 nitrogen and oxygen atoms in total. The third-order valence-corrected chi connectivity index (χ3v) is 2.60. The Morgan fingerprint density at radius 3 is 2.47 bits per heavy atom. The first-order valence-corrected chi connectivity index (χ1v) is 5.95. The van der Waals surface area contributed by atoms with Gasteiger partial charge in [-0.05, 0) is 20.3 Å². The van der Waals surface area contributed by atoms with E-state index in [1.807, 2.05) is 6.92 Å². The molecule has 15 heavy (non-hydrogen) atoms. The molecule has 0 fully saturated rings. The Morgan fingerprint density at radius 1 is 1.27 bits per heavy atom. The second-order valence-electron chi connectivity index (χ2n) is 4.14. The summed E-state index contributed by atoms with van der Waals surface area (Å²) in [6.07, 6.45) is 5.70. The van der Waals surface area contributed by atoms with Gasteiger partial charge in [-0.2, -0.15) is 0 Å². The summed E-state index contributed by atoms with van der Waals surface area (Å²) in [5.41, 5.74) is 0. The van der Waals surface area contributed by atoms with Gasteiger partial charge >= 0.3 is 0 Å².